The SMILES string of the molecule is NC(=O)c1ccc(N2CCCCC2)c(NC(=O)c2ccc(NC(=O)c3ccco3)cc2)c1. The fourth-order valence-electron chi connectivity index (χ4n) is 3.70. The van der Waals surface area contributed by atoms with Crippen LogP contribution in [0.1, 0.15) is 50.5 Å². The van der Waals surface area contributed by atoms with Crippen molar-refractivity contribution in [3.63, 3.8) is 0 Å². The first-order valence-electron chi connectivity index (χ1n) is 10.5. The molecule has 3 amide bonds. The van der Waals surface area contributed by atoms with Crippen LogP contribution < -0.4 is 21.3 Å². The van der Waals surface area contributed by atoms with E-state index in [2.05, 4.69) is 15.5 Å². The van der Waals surface area contributed by atoms with E-state index in [1.165, 1.54) is 12.7 Å². The minimum atomic E-state index is -0.553. The van der Waals surface area contributed by atoms with Crippen molar-refractivity contribution >= 4 is 34.8 Å². The molecular formula is C24H24N4O4. The Morgan fingerprint density at radius 3 is 2.22 bits per heavy atom. The Balaban J connectivity index is 1.50. The zero-order chi connectivity index (χ0) is 22.5. The lowest BCUT2D eigenvalue weighted by molar-refractivity contribution is 0.0990. The normalized spacial score (nSPS) is 13.4. The Morgan fingerprint density at radius 1 is 0.844 bits per heavy atom. The number of amides is 3. The summed E-state index contributed by atoms with van der Waals surface area (Å²) in [4.78, 5) is 38.9. The van der Waals surface area contributed by atoms with Crippen molar-refractivity contribution < 1.29 is 18.8 Å². The van der Waals surface area contributed by atoms with Crippen LogP contribution in [0.15, 0.2) is 65.3 Å². The third kappa shape index (κ3) is 4.80. The van der Waals surface area contributed by atoms with Crippen molar-refractivity contribution in [2.75, 3.05) is 28.6 Å². The summed E-state index contributed by atoms with van der Waals surface area (Å²) >= 11 is 0. The van der Waals surface area contributed by atoms with Gasteiger partial charge in [0.2, 0.25) is 5.91 Å². The molecule has 1 aliphatic rings. The second-order valence-electron chi connectivity index (χ2n) is 7.61. The fourth-order valence-corrected chi connectivity index (χ4v) is 3.70. The smallest absolute Gasteiger partial charge is 0.291 e. The van der Waals surface area contributed by atoms with Crippen LogP contribution in [-0.4, -0.2) is 30.8 Å². The maximum Gasteiger partial charge on any atom is 0.291 e. The summed E-state index contributed by atoms with van der Waals surface area (Å²) in [6.45, 7) is 1.78. The van der Waals surface area contributed by atoms with Crippen molar-refractivity contribution in [3.05, 3.63) is 77.7 Å². The first kappa shape index (κ1) is 21.2. The molecule has 3 aromatic rings. The van der Waals surface area contributed by atoms with Gasteiger partial charge in [-0.25, -0.2) is 0 Å². The number of benzene rings is 2. The van der Waals surface area contributed by atoms with Crippen LogP contribution in [0, 0.1) is 0 Å². The number of hydrogen-bond acceptors (Lipinski definition) is 5. The van der Waals surface area contributed by atoms with E-state index in [4.69, 9.17) is 10.2 Å². The average molecular weight is 432 g/mol. The van der Waals surface area contributed by atoms with Crippen LogP contribution in [0.4, 0.5) is 17.1 Å². The molecule has 0 aliphatic carbocycles. The topological polar surface area (TPSA) is 118 Å². The van der Waals surface area contributed by atoms with Crippen molar-refractivity contribution in [1.82, 2.24) is 0 Å². The molecule has 0 atom stereocenters. The predicted octanol–water partition coefficient (Wildman–Crippen LogP) is 3.87. The molecule has 32 heavy (non-hydrogen) atoms. The van der Waals surface area contributed by atoms with E-state index < -0.39 is 5.91 Å². The number of carbonyl (C=O) groups excluding carboxylic acids is 3. The molecule has 0 saturated carbocycles. The van der Waals surface area contributed by atoms with Crippen LogP contribution >= 0.6 is 0 Å². The number of primary amides is 1. The molecule has 4 rings (SSSR count). The van der Waals surface area contributed by atoms with Gasteiger partial charge >= 0.3 is 0 Å². The number of carbonyl (C=O) groups is 3. The molecule has 0 radical (unpaired) electrons. The summed E-state index contributed by atoms with van der Waals surface area (Å²) in [5.74, 6) is -1.05. The van der Waals surface area contributed by atoms with E-state index in [1.54, 1.807) is 48.5 Å². The molecule has 1 saturated heterocycles. The van der Waals surface area contributed by atoms with Gasteiger partial charge in [-0.2, -0.15) is 0 Å². The third-order valence-electron chi connectivity index (χ3n) is 5.38. The van der Waals surface area contributed by atoms with Gasteiger partial charge in [0, 0.05) is 29.9 Å². The van der Waals surface area contributed by atoms with E-state index in [0.717, 1.165) is 31.6 Å². The minimum absolute atomic E-state index is 0.200. The highest BCUT2D eigenvalue weighted by Crippen LogP contribution is 2.30. The standard InChI is InChI=1S/C24H24N4O4/c25-22(29)17-8-11-20(28-12-2-1-3-13-28)19(15-17)27-23(30)16-6-9-18(10-7-16)26-24(31)21-5-4-14-32-21/h4-11,14-15H,1-3,12-13H2,(H2,25,29)(H,26,31)(H,27,30). The maximum absolute atomic E-state index is 12.9. The molecule has 0 spiro atoms. The first-order chi connectivity index (χ1) is 15.5. The third-order valence-corrected chi connectivity index (χ3v) is 5.38. The lowest BCUT2D eigenvalue weighted by Crippen LogP contribution is -2.30. The van der Waals surface area contributed by atoms with Gasteiger partial charge in [-0.05, 0) is 73.9 Å². The van der Waals surface area contributed by atoms with Crippen LogP contribution in [0.5, 0.6) is 0 Å². The van der Waals surface area contributed by atoms with Crippen molar-refractivity contribution in [2.45, 2.75) is 19.3 Å². The van der Waals surface area contributed by atoms with E-state index >= 15 is 0 Å². The summed E-state index contributed by atoms with van der Waals surface area (Å²) in [6, 6.07) is 14.8. The lowest BCUT2D eigenvalue weighted by Gasteiger charge is -2.30. The Hall–Kier alpha value is -4.07. The number of nitrogens with one attached hydrogen (secondary N) is 2. The number of piperidine rings is 1. The van der Waals surface area contributed by atoms with Gasteiger partial charge in [0.25, 0.3) is 11.8 Å². The predicted molar refractivity (Wildman–Crippen MR) is 122 cm³/mol. The van der Waals surface area contributed by atoms with Crippen LogP contribution in [0.25, 0.3) is 0 Å². The van der Waals surface area contributed by atoms with Crippen LogP contribution in [0.3, 0.4) is 0 Å². The summed E-state index contributed by atoms with van der Waals surface area (Å²) in [7, 11) is 0. The van der Waals surface area contributed by atoms with E-state index in [-0.39, 0.29) is 17.6 Å². The number of furan rings is 1. The summed E-state index contributed by atoms with van der Waals surface area (Å²) < 4.78 is 5.07. The number of anilines is 3. The van der Waals surface area contributed by atoms with Crippen molar-refractivity contribution in [2.24, 2.45) is 5.73 Å². The zero-order valence-corrected chi connectivity index (χ0v) is 17.5. The Bertz CT molecular complexity index is 1120. The number of nitrogens with zero attached hydrogens (tertiary/aromatic N) is 1. The monoisotopic (exact) mass is 432 g/mol. The Kier molecular flexibility index (Phi) is 6.21. The van der Waals surface area contributed by atoms with Gasteiger partial charge in [0.15, 0.2) is 5.76 Å². The lowest BCUT2D eigenvalue weighted by atomic mass is 10.1. The molecule has 2 heterocycles. The molecular weight excluding hydrogens is 408 g/mol. The van der Waals surface area contributed by atoms with E-state index in [9.17, 15) is 14.4 Å². The number of nitrogens with two attached hydrogens (primary N) is 1. The highest BCUT2D eigenvalue weighted by atomic mass is 16.3. The highest BCUT2D eigenvalue weighted by Gasteiger charge is 2.18. The average Bonchev–Trinajstić information content (AvgIpc) is 3.35. The number of rotatable bonds is 6. The molecule has 1 aliphatic heterocycles. The molecule has 4 N–H and O–H groups in total. The van der Waals surface area contributed by atoms with Crippen LogP contribution in [-0.2, 0) is 0 Å². The van der Waals surface area contributed by atoms with Crippen LogP contribution in [0.2, 0.25) is 0 Å². The fraction of sp³-hybridized carbons (Fsp3) is 0.208. The second-order valence-corrected chi connectivity index (χ2v) is 7.61. The van der Waals surface area contributed by atoms with Crippen molar-refractivity contribution in [3.8, 4) is 0 Å². The van der Waals surface area contributed by atoms with Gasteiger partial charge in [-0.1, -0.05) is 0 Å². The molecule has 8 nitrogen and oxygen atoms in total. The maximum atomic E-state index is 12.9. The van der Waals surface area contributed by atoms with E-state index in [0.29, 0.717) is 22.5 Å². The van der Waals surface area contributed by atoms with Crippen molar-refractivity contribution in [1.29, 1.82) is 0 Å². The van der Waals surface area contributed by atoms with Gasteiger partial charge in [-0.3, -0.25) is 14.4 Å². The molecule has 164 valence electrons. The molecule has 2 aromatic carbocycles. The Labute approximate surface area is 185 Å². The minimum Gasteiger partial charge on any atom is -0.459 e. The van der Waals surface area contributed by atoms with Gasteiger partial charge < -0.3 is 25.7 Å². The summed E-state index contributed by atoms with van der Waals surface area (Å²) in [6.07, 6.45) is 4.76. The second kappa shape index (κ2) is 9.38. The number of hydrogen-bond donors (Lipinski definition) is 3. The molecule has 8 heteroatoms. The van der Waals surface area contributed by atoms with Gasteiger partial charge in [0.05, 0.1) is 17.6 Å². The van der Waals surface area contributed by atoms with E-state index in [1.807, 2.05) is 6.07 Å². The molecule has 0 unspecified atom stereocenters. The van der Waals surface area contributed by atoms with Gasteiger partial charge in [0.1, 0.15) is 0 Å². The quantitative estimate of drug-likeness (QED) is 0.546. The van der Waals surface area contributed by atoms with Gasteiger partial charge in [-0.15, -0.1) is 0 Å². The highest BCUT2D eigenvalue weighted by molar-refractivity contribution is 6.07. The molecule has 1 fully saturated rings. The zero-order valence-electron chi connectivity index (χ0n) is 17.5. The Morgan fingerprint density at radius 2 is 1.56 bits per heavy atom. The summed E-state index contributed by atoms with van der Waals surface area (Å²) in [5, 5.41) is 5.62. The first-order valence-corrected chi connectivity index (χ1v) is 10.5. The molecule has 1 aromatic heterocycles. The largest absolute Gasteiger partial charge is 0.459 e. The molecule has 0 bridgehead atoms. The summed E-state index contributed by atoms with van der Waals surface area (Å²) in [5.41, 5.74) is 8.13.